The van der Waals surface area contributed by atoms with E-state index in [0.29, 0.717) is 6.42 Å². The van der Waals surface area contributed by atoms with Crippen molar-refractivity contribution in [3.63, 3.8) is 0 Å². The molecule has 148 valence electrons. The van der Waals surface area contributed by atoms with E-state index in [0.717, 1.165) is 35.4 Å². The molecule has 1 aliphatic carbocycles. The van der Waals surface area contributed by atoms with Crippen molar-refractivity contribution >= 4 is 11.6 Å². The van der Waals surface area contributed by atoms with Gasteiger partial charge in [-0.2, -0.15) is 0 Å². The van der Waals surface area contributed by atoms with Crippen LogP contribution in [-0.2, 0) is 17.6 Å². The lowest BCUT2D eigenvalue weighted by Gasteiger charge is -2.21. The van der Waals surface area contributed by atoms with Gasteiger partial charge in [-0.05, 0) is 67.0 Å². The number of nitrogens with one attached hydrogen (secondary N) is 1. The second-order valence-electron chi connectivity index (χ2n) is 7.55. The monoisotopic (exact) mass is 385 g/mol. The van der Waals surface area contributed by atoms with Gasteiger partial charge in [0.05, 0.1) is 0 Å². The van der Waals surface area contributed by atoms with Crippen LogP contribution in [-0.4, -0.2) is 12.0 Å². The second-order valence-corrected chi connectivity index (χ2v) is 7.55. The van der Waals surface area contributed by atoms with Crippen molar-refractivity contribution < 1.29 is 9.53 Å². The first kappa shape index (κ1) is 19.3. The maximum Gasteiger partial charge on any atom is 0.265 e. The van der Waals surface area contributed by atoms with Gasteiger partial charge in [0, 0.05) is 11.3 Å². The molecule has 0 bridgehead atoms. The molecule has 1 amide bonds. The van der Waals surface area contributed by atoms with Crippen molar-refractivity contribution in [2.45, 2.75) is 45.1 Å². The number of rotatable bonds is 6. The number of anilines is 1. The maximum absolute atomic E-state index is 13.0. The number of aryl methyl sites for hydroxylation is 2. The minimum atomic E-state index is -0.527. The number of amides is 1. The first-order valence-electron chi connectivity index (χ1n) is 10.5. The van der Waals surface area contributed by atoms with Gasteiger partial charge in [-0.1, -0.05) is 61.5 Å². The number of hydrogen-bond acceptors (Lipinski definition) is 2. The molecule has 0 aromatic heterocycles. The van der Waals surface area contributed by atoms with Crippen LogP contribution in [0.25, 0.3) is 11.1 Å². The maximum atomic E-state index is 13.0. The van der Waals surface area contributed by atoms with Crippen LogP contribution in [0.4, 0.5) is 5.69 Å². The Morgan fingerprint density at radius 1 is 0.931 bits per heavy atom. The topological polar surface area (TPSA) is 38.3 Å². The number of hydrogen-bond donors (Lipinski definition) is 1. The van der Waals surface area contributed by atoms with E-state index >= 15 is 0 Å². The van der Waals surface area contributed by atoms with E-state index in [1.54, 1.807) is 0 Å². The molecule has 0 radical (unpaired) electrons. The number of ether oxygens (including phenoxy) is 1. The van der Waals surface area contributed by atoms with Crippen molar-refractivity contribution in [1.29, 1.82) is 0 Å². The van der Waals surface area contributed by atoms with Crippen LogP contribution >= 0.6 is 0 Å². The fraction of sp³-hybridized carbons (Fsp3) is 0.269. The molecule has 1 N–H and O–H groups in total. The smallest absolute Gasteiger partial charge is 0.265 e. The normalized spacial score (nSPS) is 14.0. The Labute approximate surface area is 172 Å². The van der Waals surface area contributed by atoms with Crippen LogP contribution in [0, 0.1) is 0 Å². The van der Waals surface area contributed by atoms with Gasteiger partial charge in [0.1, 0.15) is 5.75 Å². The van der Waals surface area contributed by atoms with Crippen molar-refractivity contribution in [2.24, 2.45) is 0 Å². The molecule has 4 rings (SSSR count). The van der Waals surface area contributed by atoms with Crippen molar-refractivity contribution in [2.75, 3.05) is 5.32 Å². The van der Waals surface area contributed by atoms with E-state index in [-0.39, 0.29) is 5.91 Å². The molecule has 0 unspecified atom stereocenters. The van der Waals surface area contributed by atoms with Crippen LogP contribution in [0.3, 0.4) is 0 Å². The van der Waals surface area contributed by atoms with E-state index in [1.807, 2.05) is 67.6 Å². The van der Waals surface area contributed by atoms with Gasteiger partial charge >= 0.3 is 0 Å². The van der Waals surface area contributed by atoms with Gasteiger partial charge in [-0.15, -0.1) is 0 Å². The fourth-order valence-electron chi connectivity index (χ4n) is 3.94. The summed E-state index contributed by atoms with van der Waals surface area (Å²) in [5.74, 6) is 0.664. The fourth-order valence-corrected chi connectivity index (χ4v) is 3.94. The van der Waals surface area contributed by atoms with Gasteiger partial charge in [0.2, 0.25) is 0 Å². The average molecular weight is 386 g/mol. The lowest BCUT2D eigenvalue weighted by atomic mass is 9.92. The first-order chi connectivity index (χ1) is 14.2. The van der Waals surface area contributed by atoms with E-state index in [4.69, 9.17) is 4.74 Å². The van der Waals surface area contributed by atoms with Crippen LogP contribution in [0.5, 0.6) is 5.75 Å². The highest BCUT2D eigenvalue weighted by Gasteiger charge is 2.20. The van der Waals surface area contributed by atoms with E-state index < -0.39 is 6.10 Å². The van der Waals surface area contributed by atoms with Crippen LogP contribution in [0.1, 0.15) is 37.3 Å². The molecular weight excluding hydrogens is 358 g/mol. The zero-order chi connectivity index (χ0) is 20.1. The van der Waals surface area contributed by atoms with E-state index in [2.05, 4.69) is 17.4 Å². The van der Waals surface area contributed by atoms with Gasteiger partial charge < -0.3 is 10.1 Å². The summed E-state index contributed by atoms with van der Waals surface area (Å²) in [6.07, 6.45) is 4.80. The predicted molar refractivity (Wildman–Crippen MR) is 118 cm³/mol. The highest BCUT2D eigenvalue weighted by atomic mass is 16.5. The van der Waals surface area contributed by atoms with Gasteiger partial charge in [-0.25, -0.2) is 0 Å². The summed E-state index contributed by atoms with van der Waals surface area (Å²) in [4.78, 5) is 13.0. The quantitative estimate of drug-likeness (QED) is 0.563. The Morgan fingerprint density at radius 2 is 1.66 bits per heavy atom. The second kappa shape index (κ2) is 8.95. The third-order valence-electron chi connectivity index (χ3n) is 5.53. The van der Waals surface area contributed by atoms with Crippen LogP contribution < -0.4 is 10.1 Å². The molecule has 0 saturated carbocycles. The molecule has 1 aliphatic rings. The molecule has 0 spiro atoms. The van der Waals surface area contributed by atoms with Gasteiger partial charge in [0.15, 0.2) is 6.10 Å². The molecule has 0 saturated heterocycles. The predicted octanol–water partition coefficient (Wildman–Crippen LogP) is 6.03. The summed E-state index contributed by atoms with van der Waals surface area (Å²) in [6.45, 7) is 1.98. The van der Waals surface area contributed by atoms with Gasteiger partial charge in [-0.3, -0.25) is 4.79 Å². The summed E-state index contributed by atoms with van der Waals surface area (Å²) < 4.78 is 6.10. The van der Waals surface area contributed by atoms with Crippen molar-refractivity contribution in [3.8, 4) is 16.9 Å². The number of carbonyl (C=O) groups is 1. The summed E-state index contributed by atoms with van der Waals surface area (Å²) in [5, 5.41) is 3.08. The Kier molecular flexibility index (Phi) is 5.95. The molecule has 0 fully saturated rings. The molecule has 3 nitrogen and oxygen atoms in total. The molecule has 3 aromatic carbocycles. The Hall–Kier alpha value is -3.07. The largest absolute Gasteiger partial charge is 0.481 e. The number of carbonyl (C=O) groups excluding carboxylic acids is 1. The summed E-state index contributed by atoms with van der Waals surface area (Å²) >= 11 is 0. The summed E-state index contributed by atoms with van der Waals surface area (Å²) in [5.41, 5.74) is 5.66. The lowest BCUT2D eigenvalue weighted by Crippen LogP contribution is -2.32. The number of para-hydroxylation sites is 1. The molecule has 3 heteroatoms. The molecule has 0 aliphatic heterocycles. The standard InChI is InChI=1S/C26H27NO2/c1-2-25(29-22-17-16-19-10-6-7-13-21(19)18-22)26(28)27-24-15-9-8-14-23(24)20-11-4-3-5-12-20/h3-5,8-9,11-12,14-18,25H,2,6-7,10,13H2,1H3,(H,27,28)/t25-/m0/s1. The Balaban J connectivity index is 1.50. The summed E-state index contributed by atoms with van der Waals surface area (Å²) in [6, 6.07) is 24.2. The average Bonchev–Trinajstić information content (AvgIpc) is 2.78. The van der Waals surface area contributed by atoms with Crippen molar-refractivity contribution in [3.05, 3.63) is 83.9 Å². The van der Waals surface area contributed by atoms with Crippen LogP contribution in [0.15, 0.2) is 72.8 Å². The third kappa shape index (κ3) is 4.51. The highest BCUT2D eigenvalue weighted by Crippen LogP contribution is 2.29. The Morgan fingerprint density at radius 3 is 2.45 bits per heavy atom. The summed E-state index contributed by atoms with van der Waals surface area (Å²) in [7, 11) is 0. The lowest BCUT2D eigenvalue weighted by molar-refractivity contribution is -0.122. The molecule has 1 atom stereocenters. The highest BCUT2D eigenvalue weighted by molar-refractivity contribution is 5.98. The minimum Gasteiger partial charge on any atom is -0.481 e. The minimum absolute atomic E-state index is 0.117. The van der Waals surface area contributed by atoms with Crippen molar-refractivity contribution in [1.82, 2.24) is 0 Å². The molecule has 0 heterocycles. The Bertz CT molecular complexity index is 981. The zero-order valence-electron chi connectivity index (χ0n) is 16.9. The number of fused-ring (bicyclic) bond motifs is 1. The molecule has 29 heavy (non-hydrogen) atoms. The SMILES string of the molecule is CC[C@H](Oc1ccc2c(c1)CCCC2)C(=O)Nc1ccccc1-c1ccccc1. The molecule has 3 aromatic rings. The number of benzene rings is 3. The zero-order valence-corrected chi connectivity index (χ0v) is 16.9. The van der Waals surface area contributed by atoms with Gasteiger partial charge in [0.25, 0.3) is 5.91 Å². The van der Waals surface area contributed by atoms with Crippen LogP contribution in [0.2, 0.25) is 0 Å². The third-order valence-corrected chi connectivity index (χ3v) is 5.53. The van der Waals surface area contributed by atoms with E-state index in [9.17, 15) is 4.79 Å². The first-order valence-corrected chi connectivity index (χ1v) is 10.5. The molecular formula is C26H27NO2. The van der Waals surface area contributed by atoms with E-state index in [1.165, 1.54) is 24.0 Å².